The van der Waals surface area contributed by atoms with Crippen LogP contribution in [-0.4, -0.2) is 37.5 Å². The van der Waals surface area contributed by atoms with Crippen LogP contribution in [0.1, 0.15) is 26.3 Å². The molecule has 2 atom stereocenters. The molecule has 1 aromatic rings. The molecule has 0 saturated carbocycles. The first-order valence-electron chi connectivity index (χ1n) is 7.51. The number of quaternary nitrogens is 1. The van der Waals surface area contributed by atoms with E-state index in [9.17, 15) is 9.59 Å². The van der Waals surface area contributed by atoms with Crippen molar-refractivity contribution in [3.05, 3.63) is 35.9 Å². The molecule has 0 aliphatic rings. The van der Waals surface area contributed by atoms with Gasteiger partial charge in [0.1, 0.15) is 0 Å². The second-order valence-electron chi connectivity index (χ2n) is 5.07. The van der Waals surface area contributed by atoms with Crippen LogP contribution >= 0.6 is 0 Å². The largest absolute Gasteiger partial charge is 0.351 e. The van der Waals surface area contributed by atoms with E-state index in [0.717, 1.165) is 17.0 Å². The smallest absolute Gasteiger partial charge is 0.278 e. The maximum absolute atomic E-state index is 12.2. The fourth-order valence-corrected chi connectivity index (χ4v) is 2.17. The number of rotatable bonds is 8. The third-order valence-corrected chi connectivity index (χ3v) is 3.53. The topological polar surface area (TPSA) is 62.6 Å². The highest BCUT2D eigenvalue weighted by molar-refractivity contribution is 5.81. The summed E-state index contributed by atoms with van der Waals surface area (Å²) in [5.74, 6) is -0.0444. The zero-order chi connectivity index (χ0) is 15.7. The molecular weight excluding hydrogens is 266 g/mol. The normalized spacial score (nSPS) is 13.3. The molecule has 21 heavy (non-hydrogen) atoms. The van der Waals surface area contributed by atoms with Gasteiger partial charge in [-0.05, 0) is 26.3 Å². The molecule has 0 aliphatic heterocycles. The van der Waals surface area contributed by atoms with Crippen molar-refractivity contribution >= 4 is 11.8 Å². The van der Waals surface area contributed by atoms with Gasteiger partial charge < -0.3 is 15.5 Å². The lowest BCUT2D eigenvalue weighted by Gasteiger charge is -2.23. The molecule has 3 N–H and O–H groups in total. The Bertz CT molecular complexity index is 448. The third kappa shape index (κ3) is 5.95. The summed E-state index contributed by atoms with van der Waals surface area (Å²) in [5.41, 5.74) is 1.07. The number of amides is 2. The number of carbonyl (C=O) groups excluding carboxylic acids is 2. The van der Waals surface area contributed by atoms with Crippen molar-refractivity contribution in [1.29, 1.82) is 0 Å². The molecule has 5 heteroatoms. The molecular formula is C16H26N3O2+. The predicted molar refractivity (Wildman–Crippen MR) is 82.8 cm³/mol. The monoisotopic (exact) mass is 292 g/mol. The minimum atomic E-state index is -0.249. The Kier molecular flexibility index (Phi) is 7.46. The lowest BCUT2D eigenvalue weighted by molar-refractivity contribution is -0.904. The Morgan fingerprint density at radius 2 is 1.81 bits per heavy atom. The average molecular weight is 292 g/mol. The third-order valence-electron chi connectivity index (χ3n) is 3.53. The van der Waals surface area contributed by atoms with Crippen molar-refractivity contribution in [3.63, 3.8) is 0 Å². The summed E-state index contributed by atoms with van der Waals surface area (Å²) in [7, 11) is 0. The molecule has 1 unspecified atom stereocenters. The van der Waals surface area contributed by atoms with Gasteiger partial charge in [-0.2, -0.15) is 0 Å². The zero-order valence-electron chi connectivity index (χ0n) is 13.1. The Morgan fingerprint density at radius 1 is 1.14 bits per heavy atom. The van der Waals surface area contributed by atoms with Crippen LogP contribution in [0, 0.1) is 0 Å². The van der Waals surface area contributed by atoms with Gasteiger partial charge in [0.05, 0.1) is 6.54 Å². The van der Waals surface area contributed by atoms with E-state index in [0.29, 0.717) is 19.6 Å². The Balaban J connectivity index is 2.49. The fourth-order valence-electron chi connectivity index (χ4n) is 2.17. The molecule has 0 fully saturated rings. The maximum atomic E-state index is 12.2. The van der Waals surface area contributed by atoms with Gasteiger partial charge in [-0.15, -0.1) is 0 Å². The van der Waals surface area contributed by atoms with Crippen LogP contribution in [-0.2, 0) is 16.1 Å². The molecule has 1 rings (SSSR count). The van der Waals surface area contributed by atoms with Crippen molar-refractivity contribution in [2.45, 2.75) is 33.4 Å². The van der Waals surface area contributed by atoms with E-state index in [1.807, 2.05) is 51.1 Å². The van der Waals surface area contributed by atoms with Crippen LogP contribution in [0.3, 0.4) is 0 Å². The van der Waals surface area contributed by atoms with E-state index in [1.54, 1.807) is 0 Å². The molecule has 1 aromatic carbocycles. The van der Waals surface area contributed by atoms with Gasteiger partial charge in [0.2, 0.25) is 0 Å². The summed E-state index contributed by atoms with van der Waals surface area (Å²) in [4.78, 5) is 24.8. The number of carbonyl (C=O) groups is 2. The number of hydrogen-bond donors (Lipinski definition) is 3. The van der Waals surface area contributed by atoms with Crippen molar-refractivity contribution in [1.82, 2.24) is 10.6 Å². The Morgan fingerprint density at radius 3 is 2.38 bits per heavy atom. The molecule has 0 saturated heterocycles. The number of nitrogens with one attached hydrogen (secondary N) is 3. The van der Waals surface area contributed by atoms with Gasteiger partial charge in [0, 0.05) is 13.1 Å². The summed E-state index contributed by atoms with van der Waals surface area (Å²) in [6.45, 7) is 7.92. The summed E-state index contributed by atoms with van der Waals surface area (Å²) >= 11 is 0. The van der Waals surface area contributed by atoms with E-state index in [1.165, 1.54) is 0 Å². The van der Waals surface area contributed by atoms with E-state index in [-0.39, 0.29) is 17.9 Å². The van der Waals surface area contributed by atoms with Gasteiger partial charge in [-0.25, -0.2) is 0 Å². The molecule has 0 spiro atoms. The van der Waals surface area contributed by atoms with Crippen LogP contribution in [0.4, 0.5) is 0 Å². The molecule has 0 heterocycles. The average Bonchev–Trinajstić information content (AvgIpc) is 2.51. The van der Waals surface area contributed by atoms with Crippen molar-refractivity contribution in [2.24, 2.45) is 0 Å². The molecule has 2 amide bonds. The van der Waals surface area contributed by atoms with Crippen LogP contribution in [0.5, 0.6) is 0 Å². The highest BCUT2D eigenvalue weighted by Crippen LogP contribution is 1.97. The van der Waals surface area contributed by atoms with Crippen LogP contribution in [0.25, 0.3) is 0 Å². The zero-order valence-corrected chi connectivity index (χ0v) is 13.1. The molecule has 0 radical (unpaired) electrons. The summed E-state index contributed by atoms with van der Waals surface area (Å²) in [5, 5.41) is 5.70. The molecule has 5 nitrogen and oxygen atoms in total. The first-order valence-corrected chi connectivity index (χ1v) is 7.51. The van der Waals surface area contributed by atoms with Crippen molar-refractivity contribution < 1.29 is 14.5 Å². The minimum Gasteiger partial charge on any atom is -0.351 e. The predicted octanol–water partition coefficient (Wildman–Crippen LogP) is -0.268. The molecule has 116 valence electrons. The Labute approximate surface area is 126 Å². The van der Waals surface area contributed by atoms with Gasteiger partial charge in [-0.3, -0.25) is 9.59 Å². The second-order valence-corrected chi connectivity index (χ2v) is 5.07. The molecule has 0 aromatic heterocycles. The van der Waals surface area contributed by atoms with Gasteiger partial charge in [0.25, 0.3) is 11.8 Å². The van der Waals surface area contributed by atoms with Gasteiger partial charge in [0.15, 0.2) is 12.6 Å². The van der Waals surface area contributed by atoms with E-state index < -0.39 is 0 Å². The van der Waals surface area contributed by atoms with Crippen LogP contribution in [0.15, 0.2) is 30.3 Å². The summed E-state index contributed by atoms with van der Waals surface area (Å²) in [6, 6.07) is 9.55. The molecule has 0 bridgehead atoms. The summed E-state index contributed by atoms with van der Waals surface area (Å²) < 4.78 is 0. The SMILES string of the molecule is CCNC(=O)C[NH+](CC)[C@H](C)C(=O)NCc1ccccc1. The molecule has 0 aliphatic carbocycles. The Hall–Kier alpha value is -1.88. The highest BCUT2D eigenvalue weighted by atomic mass is 16.2. The minimum absolute atomic E-state index is 0.0166. The van der Waals surface area contributed by atoms with Crippen molar-refractivity contribution in [3.8, 4) is 0 Å². The maximum Gasteiger partial charge on any atom is 0.278 e. The van der Waals surface area contributed by atoms with Crippen molar-refractivity contribution in [2.75, 3.05) is 19.6 Å². The van der Waals surface area contributed by atoms with Crippen LogP contribution in [0.2, 0.25) is 0 Å². The van der Waals surface area contributed by atoms with Crippen LogP contribution < -0.4 is 15.5 Å². The fraction of sp³-hybridized carbons (Fsp3) is 0.500. The van der Waals surface area contributed by atoms with Gasteiger partial charge in [-0.1, -0.05) is 30.3 Å². The van der Waals surface area contributed by atoms with E-state index >= 15 is 0 Å². The summed E-state index contributed by atoms with van der Waals surface area (Å²) in [6.07, 6.45) is 0. The first kappa shape index (κ1) is 17.2. The number of hydrogen-bond acceptors (Lipinski definition) is 2. The number of likely N-dealkylation sites (N-methyl/N-ethyl adjacent to an activating group) is 2. The lowest BCUT2D eigenvalue weighted by Crippen LogP contribution is -3.17. The number of benzene rings is 1. The van der Waals surface area contributed by atoms with E-state index in [2.05, 4.69) is 10.6 Å². The second kappa shape index (κ2) is 9.13. The first-order chi connectivity index (χ1) is 10.1. The lowest BCUT2D eigenvalue weighted by atomic mass is 10.2. The highest BCUT2D eigenvalue weighted by Gasteiger charge is 2.25. The van der Waals surface area contributed by atoms with Gasteiger partial charge >= 0.3 is 0 Å². The van der Waals surface area contributed by atoms with E-state index in [4.69, 9.17) is 0 Å². The standard InChI is InChI=1S/C16H25N3O2/c1-4-17-15(20)12-19(5-2)13(3)16(21)18-11-14-9-7-6-8-10-14/h6-10,13H,4-5,11-12H2,1-3H3,(H,17,20)(H,18,21)/p+1/t13-/m1/s1. The quantitative estimate of drug-likeness (QED) is 0.618.